The van der Waals surface area contributed by atoms with Crippen molar-refractivity contribution < 1.29 is 17.9 Å². The average molecular weight is 538 g/mol. The van der Waals surface area contributed by atoms with E-state index in [1.807, 2.05) is 70.1 Å². The third kappa shape index (κ3) is 8.03. The predicted octanol–water partition coefficient (Wildman–Crippen LogP) is 4.39. The van der Waals surface area contributed by atoms with Crippen molar-refractivity contribution in [3.63, 3.8) is 0 Å². The largest absolute Gasteiger partial charge is 0.491 e. The summed E-state index contributed by atoms with van der Waals surface area (Å²) in [6, 6.07) is 10.8. The molecule has 0 unspecified atom stereocenters. The molecule has 0 spiro atoms. The Kier molecular flexibility index (Phi) is 10.1. The molecule has 0 aliphatic rings. The van der Waals surface area contributed by atoms with Crippen molar-refractivity contribution in [1.29, 1.82) is 0 Å². The van der Waals surface area contributed by atoms with Gasteiger partial charge in [0.15, 0.2) is 0 Å². The van der Waals surface area contributed by atoms with Gasteiger partial charge in [-0.05, 0) is 70.1 Å². The van der Waals surface area contributed by atoms with Crippen molar-refractivity contribution in [3.05, 3.63) is 62.5 Å². The Bertz CT molecular complexity index is 1100. The lowest BCUT2D eigenvalue weighted by Crippen LogP contribution is -2.37. The number of ether oxygens (including phenoxy) is 2. The van der Waals surface area contributed by atoms with Crippen molar-refractivity contribution in [2.45, 2.75) is 24.9 Å². The summed E-state index contributed by atoms with van der Waals surface area (Å²) in [7, 11) is 4.35. The fourth-order valence-corrected chi connectivity index (χ4v) is 6.72. The van der Waals surface area contributed by atoms with E-state index < -0.39 is 10.0 Å². The lowest BCUT2D eigenvalue weighted by Gasteiger charge is -2.23. The molecule has 0 radical (unpaired) electrons. The first-order valence-electron chi connectivity index (χ1n) is 11.4. The van der Waals surface area contributed by atoms with E-state index in [4.69, 9.17) is 9.47 Å². The van der Waals surface area contributed by atoms with E-state index in [0.717, 1.165) is 39.9 Å². The number of aryl methyl sites for hydroxylation is 1. The van der Waals surface area contributed by atoms with Crippen LogP contribution in [-0.4, -0.2) is 77.0 Å². The summed E-state index contributed by atoms with van der Waals surface area (Å²) >= 11 is 3.27. The Morgan fingerprint density at radius 3 is 1.63 bits per heavy atom. The highest BCUT2D eigenvalue weighted by molar-refractivity contribution is 7.89. The van der Waals surface area contributed by atoms with Crippen LogP contribution in [0.15, 0.2) is 52.1 Å². The SMILES string of the molecule is Cc1ccc(S(=O)(=O)N(CCOc2ccsc2CN(C)C)CCOc2ccsc2CN(C)C)cc1. The van der Waals surface area contributed by atoms with E-state index in [0.29, 0.717) is 0 Å². The van der Waals surface area contributed by atoms with E-state index >= 15 is 0 Å². The zero-order chi connectivity index (χ0) is 25.4. The first-order valence-corrected chi connectivity index (χ1v) is 14.6. The van der Waals surface area contributed by atoms with Crippen LogP contribution in [0.1, 0.15) is 15.3 Å². The number of hydrogen-bond acceptors (Lipinski definition) is 8. The molecular weight excluding hydrogens is 502 g/mol. The lowest BCUT2D eigenvalue weighted by molar-refractivity contribution is 0.234. The summed E-state index contributed by atoms with van der Waals surface area (Å²) in [4.78, 5) is 6.68. The van der Waals surface area contributed by atoms with E-state index in [1.165, 1.54) is 4.31 Å². The van der Waals surface area contributed by atoms with Gasteiger partial charge in [0, 0.05) is 26.2 Å². The Morgan fingerprint density at radius 1 is 0.743 bits per heavy atom. The van der Waals surface area contributed by atoms with Crippen LogP contribution in [0, 0.1) is 6.92 Å². The molecule has 0 fully saturated rings. The fourth-order valence-electron chi connectivity index (χ4n) is 3.45. The molecule has 0 N–H and O–H groups in total. The summed E-state index contributed by atoms with van der Waals surface area (Å²) in [5, 5.41) is 3.99. The Balaban J connectivity index is 1.69. The van der Waals surface area contributed by atoms with Crippen molar-refractivity contribution in [2.75, 3.05) is 54.5 Å². The van der Waals surface area contributed by atoms with Crippen molar-refractivity contribution in [3.8, 4) is 11.5 Å². The Labute approximate surface area is 217 Å². The van der Waals surface area contributed by atoms with Gasteiger partial charge < -0.3 is 19.3 Å². The first kappa shape index (κ1) is 27.6. The highest BCUT2D eigenvalue weighted by Gasteiger charge is 2.25. The van der Waals surface area contributed by atoms with E-state index in [9.17, 15) is 8.42 Å². The molecule has 0 saturated carbocycles. The number of thiophene rings is 2. The summed E-state index contributed by atoms with van der Waals surface area (Å²) in [6.45, 7) is 4.47. The molecule has 0 atom stereocenters. The quantitative estimate of drug-likeness (QED) is 0.304. The van der Waals surface area contributed by atoms with E-state index in [-0.39, 0.29) is 31.2 Å². The van der Waals surface area contributed by atoms with Gasteiger partial charge in [-0.2, -0.15) is 4.31 Å². The zero-order valence-corrected chi connectivity index (χ0v) is 23.5. The second-order valence-corrected chi connectivity index (χ2v) is 12.7. The standard InChI is InChI=1S/C25H35N3O4S3/c1-20-6-8-21(9-7-20)35(29,30)28(12-14-31-22-10-16-33-24(22)18-26(2)3)13-15-32-23-11-17-34-25(23)19-27(4)5/h6-11,16-17H,12-15,18-19H2,1-5H3. The van der Waals surface area contributed by atoms with Gasteiger partial charge in [-0.15, -0.1) is 22.7 Å². The number of benzene rings is 1. The molecule has 3 aromatic rings. The second kappa shape index (κ2) is 12.8. The zero-order valence-electron chi connectivity index (χ0n) is 21.1. The van der Waals surface area contributed by atoms with Crippen LogP contribution in [0.5, 0.6) is 11.5 Å². The average Bonchev–Trinajstić information content (AvgIpc) is 3.41. The third-order valence-corrected chi connectivity index (χ3v) is 8.87. The summed E-state index contributed by atoms with van der Waals surface area (Å²) < 4.78 is 40.4. The molecule has 35 heavy (non-hydrogen) atoms. The molecule has 3 rings (SSSR count). The van der Waals surface area contributed by atoms with Gasteiger partial charge in [0.05, 0.1) is 14.6 Å². The Hall–Kier alpha value is -1.95. The van der Waals surface area contributed by atoms with Gasteiger partial charge >= 0.3 is 0 Å². The topological polar surface area (TPSA) is 62.3 Å². The first-order chi connectivity index (χ1) is 16.7. The molecule has 0 aliphatic carbocycles. The second-order valence-electron chi connectivity index (χ2n) is 8.81. The minimum atomic E-state index is -3.70. The number of sulfonamides is 1. The molecule has 10 heteroatoms. The van der Waals surface area contributed by atoms with Gasteiger partial charge in [-0.3, -0.25) is 0 Å². The minimum Gasteiger partial charge on any atom is -0.491 e. The highest BCUT2D eigenvalue weighted by atomic mass is 32.2. The van der Waals surface area contributed by atoms with Gasteiger partial charge in [0.25, 0.3) is 0 Å². The molecule has 2 heterocycles. The maximum Gasteiger partial charge on any atom is 0.243 e. The summed E-state index contributed by atoms with van der Waals surface area (Å²) in [6.07, 6.45) is 0. The van der Waals surface area contributed by atoms with Gasteiger partial charge in [0.1, 0.15) is 24.7 Å². The summed E-state index contributed by atoms with van der Waals surface area (Å²) in [5.41, 5.74) is 1.01. The minimum absolute atomic E-state index is 0.227. The maximum atomic E-state index is 13.5. The molecule has 2 aromatic heterocycles. The molecule has 7 nitrogen and oxygen atoms in total. The number of nitrogens with zero attached hydrogens (tertiary/aromatic N) is 3. The van der Waals surface area contributed by atoms with Crippen LogP contribution >= 0.6 is 22.7 Å². The fraction of sp³-hybridized carbons (Fsp3) is 0.440. The van der Waals surface area contributed by atoms with Gasteiger partial charge in [0.2, 0.25) is 10.0 Å². The van der Waals surface area contributed by atoms with Crippen molar-refractivity contribution in [1.82, 2.24) is 14.1 Å². The number of rotatable bonds is 14. The Morgan fingerprint density at radius 2 is 1.20 bits per heavy atom. The smallest absolute Gasteiger partial charge is 0.243 e. The predicted molar refractivity (Wildman–Crippen MR) is 144 cm³/mol. The summed E-state index contributed by atoms with van der Waals surface area (Å²) in [5.74, 6) is 1.61. The molecule has 0 aliphatic heterocycles. The molecular formula is C25H35N3O4S3. The van der Waals surface area contributed by atoms with E-state index in [2.05, 4.69) is 9.80 Å². The van der Waals surface area contributed by atoms with Crippen LogP contribution < -0.4 is 9.47 Å². The van der Waals surface area contributed by atoms with Crippen LogP contribution in [0.3, 0.4) is 0 Å². The molecule has 192 valence electrons. The molecule has 0 amide bonds. The van der Waals surface area contributed by atoms with Crippen LogP contribution in [0.25, 0.3) is 0 Å². The highest BCUT2D eigenvalue weighted by Crippen LogP contribution is 2.27. The molecule has 0 bridgehead atoms. The van der Waals surface area contributed by atoms with Crippen LogP contribution in [0.2, 0.25) is 0 Å². The van der Waals surface area contributed by atoms with Crippen molar-refractivity contribution >= 4 is 32.7 Å². The van der Waals surface area contributed by atoms with Gasteiger partial charge in [-0.25, -0.2) is 8.42 Å². The number of hydrogen-bond donors (Lipinski definition) is 0. The molecule has 1 aromatic carbocycles. The maximum absolute atomic E-state index is 13.5. The monoisotopic (exact) mass is 537 g/mol. The van der Waals surface area contributed by atoms with Gasteiger partial charge in [-0.1, -0.05) is 17.7 Å². The molecule has 0 saturated heterocycles. The lowest BCUT2D eigenvalue weighted by atomic mass is 10.2. The van der Waals surface area contributed by atoms with E-state index in [1.54, 1.807) is 34.8 Å². The van der Waals surface area contributed by atoms with Crippen molar-refractivity contribution in [2.24, 2.45) is 0 Å². The van der Waals surface area contributed by atoms with Crippen LogP contribution in [-0.2, 0) is 23.1 Å². The third-order valence-electron chi connectivity index (χ3n) is 5.18. The normalized spacial score (nSPS) is 12.1. The van der Waals surface area contributed by atoms with Crippen LogP contribution in [0.4, 0.5) is 0 Å².